The summed E-state index contributed by atoms with van der Waals surface area (Å²) < 4.78 is 1.21. The highest BCUT2D eigenvalue weighted by molar-refractivity contribution is 7.21. The van der Waals surface area contributed by atoms with Gasteiger partial charge in [-0.1, -0.05) is 133 Å². The Morgan fingerprint density at radius 3 is 1.96 bits per heavy atom. The minimum Gasteiger partial charge on any atom is -0.276 e. The molecule has 1 N–H and O–H groups in total. The van der Waals surface area contributed by atoms with Crippen LogP contribution in [-0.2, 0) is 0 Å². The molecule has 8 aromatic rings. The maximum atomic E-state index is 5.13. The van der Waals surface area contributed by atoms with Crippen LogP contribution in [0.15, 0.2) is 158 Å². The molecule has 2 fully saturated rings. The number of hydrazine groups is 1. The van der Waals surface area contributed by atoms with Gasteiger partial charge in [0.25, 0.3) is 0 Å². The largest absolute Gasteiger partial charge is 0.276 e. The van der Waals surface area contributed by atoms with E-state index in [1.165, 1.54) is 54.1 Å². The van der Waals surface area contributed by atoms with Crippen molar-refractivity contribution < 1.29 is 0 Å². The fraction of sp³-hybridized carbons (Fsp3) is 0.0714. The van der Waals surface area contributed by atoms with E-state index in [9.17, 15) is 0 Å². The van der Waals surface area contributed by atoms with Crippen molar-refractivity contribution in [1.29, 1.82) is 0 Å². The van der Waals surface area contributed by atoms with Gasteiger partial charge in [-0.2, -0.15) is 10.0 Å². The third-order valence-electron chi connectivity index (χ3n) is 9.68. The molecule has 7 aromatic carbocycles. The molecule has 224 valence electrons. The summed E-state index contributed by atoms with van der Waals surface area (Å²) >= 11 is 1.76. The summed E-state index contributed by atoms with van der Waals surface area (Å²) in [5, 5.41) is 15.0. The fourth-order valence-electron chi connectivity index (χ4n) is 7.34. The van der Waals surface area contributed by atoms with Crippen LogP contribution in [0.4, 0.5) is 0 Å². The van der Waals surface area contributed by atoms with Crippen molar-refractivity contribution in [2.75, 3.05) is 0 Å². The molecule has 10 rings (SSSR count). The third-order valence-corrected chi connectivity index (χ3v) is 10.7. The van der Waals surface area contributed by atoms with Crippen molar-refractivity contribution >= 4 is 43.1 Å². The normalized spacial score (nSPS) is 21.7. The molecule has 2 aliphatic rings. The van der Waals surface area contributed by atoms with Gasteiger partial charge in [-0.3, -0.25) is 5.32 Å². The molecular formula is C42H30N4S. The van der Waals surface area contributed by atoms with Crippen LogP contribution in [0.3, 0.4) is 0 Å². The Bertz CT molecular complexity index is 2440. The number of thiazole rings is 1. The van der Waals surface area contributed by atoms with Crippen LogP contribution in [-0.4, -0.2) is 15.0 Å². The average Bonchev–Trinajstić information content (AvgIpc) is 3.49. The van der Waals surface area contributed by atoms with E-state index in [-0.39, 0.29) is 18.5 Å². The molecule has 0 bridgehead atoms. The molecule has 5 heteroatoms. The zero-order chi connectivity index (χ0) is 30.9. The number of hydrogen-bond acceptors (Lipinski definition) is 5. The van der Waals surface area contributed by atoms with E-state index in [4.69, 9.17) is 4.98 Å². The number of hydrogen-bond donors (Lipinski definition) is 1. The van der Waals surface area contributed by atoms with Gasteiger partial charge in [0.05, 0.1) is 10.2 Å². The highest BCUT2D eigenvalue weighted by atomic mass is 32.1. The summed E-state index contributed by atoms with van der Waals surface area (Å²) in [6.07, 6.45) is 0.353. The molecule has 0 spiro atoms. The average molecular weight is 623 g/mol. The Hall–Kier alpha value is -5.17. The number of nitrogens with one attached hydrogen (secondary N) is 1. The predicted molar refractivity (Wildman–Crippen MR) is 193 cm³/mol. The lowest BCUT2D eigenvalue weighted by molar-refractivity contribution is 0.314. The van der Waals surface area contributed by atoms with Crippen LogP contribution in [0, 0.1) is 0 Å². The van der Waals surface area contributed by atoms with Crippen LogP contribution >= 0.6 is 11.3 Å². The summed E-state index contributed by atoms with van der Waals surface area (Å²) in [6.45, 7) is 0. The fourth-order valence-corrected chi connectivity index (χ4v) is 8.33. The standard InChI is InChI=1S/C42H30N4S/c1-3-11-29(12-4-1)41-43-38-36-26-33(20-19-28(36)22-23-37(38)47-41)32-16-9-17-34(25-32)39-44-40(35-21-18-27-10-7-8-15-31(27)24-35)46-42(45(39)46)30-13-5-2-6-14-30/h1-26,39-40,42,44H. The Morgan fingerprint density at radius 1 is 0.489 bits per heavy atom. The Labute approximate surface area is 277 Å². The van der Waals surface area contributed by atoms with E-state index in [2.05, 4.69) is 173 Å². The van der Waals surface area contributed by atoms with Gasteiger partial charge in [0, 0.05) is 10.9 Å². The summed E-state index contributed by atoms with van der Waals surface area (Å²) in [5.41, 5.74) is 8.50. The Balaban J connectivity index is 1.03. The molecule has 2 aliphatic heterocycles. The molecule has 0 amide bonds. The van der Waals surface area contributed by atoms with Crippen molar-refractivity contribution in [3.05, 3.63) is 174 Å². The zero-order valence-corrected chi connectivity index (χ0v) is 26.3. The van der Waals surface area contributed by atoms with E-state index >= 15 is 0 Å². The molecule has 0 saturated carbocycles. The van der Waals surface area contributed by atoms with E-state index in [0.717, 1.165) is 16.1 Å². The molecule has 5 unspecified atom stereocenters. The zero-order valence-electron chi connectivity index (χ0n) is 25.5. The maximum Gasteiger partial charge on any atom is 0.124 e. The lowest BCUT2D eigenvalue weighted by Gasteiger charge is -2.21. The summed E-state index contributed by atoms with van der Waals surface area (Å²) in [5.74, 6) is 0. The van der Waals surface area contributed by atoms with Gasteiger partial charge < -0.3 is 0 Å². The summed E-state index contributed by atoms with van der Waals surface area (Å²) in [7, 11) is 0. The second-order valence-corrected chi connectivity index (χ2v) is 13.5. The van der Waals surface area contributed by atoms with E-state index in [0.29, 0.717) is 0 Å². The molecule has 3 heterocycles. The van der Waals surface area contributed by atoms with Gasteiger partial charge >= 0.3 is 0 Å². The first kappa shape index (κ1) is 27.0. The first-order valence-corrected chi connectivity index (χ1v) is 17.0. The highest BCUT2D eigenvalue weighted by Gasteiger charge is 2.60. The van der Waals surface area contributed by atoms with E-state index in [1.807, 2.05) is 0 Å². The summed E-state index contributed by atoms with van der Waals surface area (Å²) in [6, 6.07) is 57.1. The second kappa shape index (κ2) is 10.7. The Kier molecular flexibility index (Phi) is 6.14. The predicted octanol–water partition coefficient (Wildman–Crippen LogP) is 10.5. The highest BCUT2D eigenvalue weighted by Crippen LogP contribution is 2.57. The molecule has 0 aliphatic carbocycles. The number of aromatic nitrogens is 1. The summed E-state index contributed by atoms with van der Waals surface area (Å²) in [4.78, 5) is 5.13. The molecule has 47 heavy (non-hydrogen) atoms. The van der Waals surface area contributed by atoms with Crippen LogP contribution in [0.1, 0.15) is 35.2 Å². The molecular weight excluding hydrogens is 593 g/mol. The van der Waals surface area contributed by atoms with Gasteiger partial charge in [-0.25, -0.2) is 4.98 Å². The topological polar surface area (TPSA) is 30.9 Å². The molecule has 4 nitrogen and oxygen atoms in total. The Morgan fingerprint density at radius 2 is 1.13 bits per heavy atom. The molecule has 1 aromatic heterocycles. The smallest absolute Gasteiger partial charge is 0.124 e. The number of rotatable bonds is 5. The lowest BCUT2D eigenvalue weighted by atomic mass is 9.98. The van der Waals surface area contributed by atoms with Gasteiger partial charge in [0.15, 0.2) is 0 Å². The van der Waals surface area contributed by atoms with Crippen molar-refractivity contribution in [3.8, 4) is 21.7 Å². The maximum absolute atomic E-state index is 5.13. The first-order chi connectivity index (χ1) is 23.3. The van der Waals surface area contributed by atoms with Crippen LogP contribution in [0.5, 0.6) is 0 Å². The second-order valence-electron chi connectivity index (χ2n) is 12.5. The van der Waals surface area contributed by atoms with Crippen molar-refractivity contribution in [3.63, 3.8) is 0 Å². The van der Waals surface area contributed by atoms with E-state index in [1.54, 1.807) is 11.3 Å². The van der Waals surface area contributed by atoms with Gasteiger partial charge in [-0.15, -0.1) is 11.3 Å². The van der Waals surface area contributed by atoms with E-state index < -0.39 is 0 Å². The monoisotopic (exact) mass is 622 g/mol. The van der Waals surface area contributed by atoms with Gasteiger partial charge in [-0.05, 0) is 68.2 Å². The number of benzene rings is 7. The SMILES string of the molecule is c1ccc(-c2nc3c(ccc4ccc(-c5cccc(C6NC(c7ccc8ccccc8c7)N7C(c8ccccc8)N67)c5)cc43)s2)cc1. The number of fused-ring (bicyclic) bond motifs is 5. The van der Waals surface area contributed by atoms with Crippen LogP contribution in [0.2, 0.25) is 0 Å². The van der Waals surface area contributed by atoms with Crippen molar-refractivity contribution in [1.82, 2.24) is 20.3 Å². The van der Waals surface area contributed by atoms with Crippen molar-refractivity contribution in [2.45, 2.75) is 18.5 Å². The number of nitrogens with zero attached hydrogens (tertiary/aromatic N) is 3. The van der Waals surface area contributed by atoms with Gasteiger partial charge in [0.1, 0.15) is 23.5 Å². The molecule has 2 saturated heterocycles. The lowest BCUT2D eigenvalue weighted by Crippen LogP contribution is -2.27. The molecule has 5 atom stereocenters. The van der Waals surface area contributed by atoms with Crippen molar-refractivity contribution in [2.24, 2.45) is 0 Å². The molecule has 0 radical (unpaired) electrons. The minimum absolute atomic E-state index is 0.0516. The van der Waals surface area contributed by atoms with Crippen LogP contribution < -0.4 is 5.32 Å². The first-order valence-electron chi connectivity index (χ1n) is 16.1. The van der Waals surface area contributed by atoms with Crippen LogP contribution in [0.25, 0.3) is 53.5 Å². The third kappa shape index (κ3) is 4.51. The quantitative estimate of drug-likeness (QED) is 0.194. The minimum atomic E-state index is 0.0516. The van der Waals surface area contributed by atoms with Gasteiger partial charge in [0.2, 0.25) is 0 Å².